The summed E-state index contributed by atoms with van der Waals surface area (Å²) in [7, 11) is -1.92. The van der Waals surface area contributed by atoms with E-state index in [4.69, 9.17) is 0 Å². The maximum Gasteiger partial charge on any atom is 0.419 e. The number of piperazine rings is 1. The lowest BCUT2D eigenvalue weighted by atomic mass is 10.0. The van der Waals surface area contributed by atoms with Gasteiger partial charge in [-0.25, -0.2) is 31.8 Å². The van der Waals surface area contributed by atoms with Gasteiger partial charge in [0.1, 0.15) is 17.0 Å². The van der Waals surface area contributed by atoms with E-state index in [1.54, 1.807) is 4.90 Å². The van der Waals surface area contributed by atoms with Crippen molar-refractivity contribution in [3.05, 3.63) is 29.5 Å². The molecule has 0 atom stereocenters. The standard InChI is InChI=1S/C18H17F5N6O3S/c1-27-17-15(24-8-11(25-17)28-3-5-29(6-4-28)33(2,31)32)14(26-27)9-7-10(18(21,22)23)13(20)16(30)12(9)19/h7-8,30H,3-6H2,1-2H3. The second kappa shape index (κ2) is 7.76. The van der Waals surface area contributed by atoms with Gasteiger partial charge in [-0.2, -0.15) is 22.6 Å². The largest absolute Gasteiger partial charge is 0.503 e. The predicted octanol–water partition coefficient (Wildman–Crippen LogP) is 2.11. The number of halogens is 5. The summed E-state index contributed by atoms with van der Waals surface area (Å²) in [6.07, 6.45) is -2.76. The second-order valence-electron chi connectivity index (χ2n) is 7.47. The number of benzene rings is 1. The summed E-state index contributed by atoms with van der Waals surface area (Å²) in [5, 5.41) is 13.6. The van der Waals surface area contributed by atoms with E-state index in [0.29, 0.717) is 18.9 Å². The van der Waals surface area contributed by atoms with Gasteiger partial charge in [0.05, 0.1) is 18.0 Å². The highest BCUT2D eigenvalue weighted by Crippen LogP contribution is 2.41. The summed E-state index contributed by atoms with van der Waals surface area (Å²) in [6, 6.07) is 0.228. The molecule has 1 fully saturated rings. The van der Waals surface area contributed by atoms with E-state index in [9.17, 15) is 35.5 Å². The van der Waals surface area contributed by atoms with E-state index in [0.717, 1.165) is 6.26 Å². The number of sulfonamides is 1. The number of hydrogen-bond acceptors (Lipinski definition) is 7. The Morgan fingerprint density at radius 3 is 2.30 bits per heavy atom. The van der Waals surface area contributed by atoms with E-state index in [1.165, 1.54) is 22.2 Å². The van der Waals surface area contributed by atoms with E-state index >= 15 is 0 Å². The van der Waals surface area contributed by atoms with Crippen molar-refractivity contribution in [3.63, 3.8) is 0 Å². The summed E-state index contributed by atoms with van der Waals surface area (Å²) in [6.45, 7) is 1.12. The normalized spacial score (nSPS) is 16.0. The zero-order valence-corrected chi connectivity index (χ0v) is 18.0. The molecule has 0 unspecified atom stereocenters. The Morgan fingerprint density at radius 2 is 1.73 bits per heavy atom. The number of aromatic hydroxyl groups is 1. The van der Waals surface area contributed by atoms with Crippen LogP contribution in [0.2, 0.25) is 0 Å². The van der Waals surface area contributed by atoms with Crippen LogP contribution < -0.4 is 4.90 Å². The number of alkyl halides is 3. The Bertz CT molecular complexity index is 1350. The highest BCUT2D eigenvalue weighted by atomic mass is 32.2. The molecular weight excluding hydrogens is 475 g/mol. The molecule has 1 aromatic carbocycles. The number of phenolic OH excluding ortho intramolecular Hbond substituents is 1. The number of fused-ring (bicyclic) bond motifs is 1. The first-order valence-electron chi connectivity index (χ1n) is 9.47. The Balaban J connectivity index is 1.75. The van der Waals surface area contributed by atoms with Crippen molar-refractivity contribution in [1.29, 1.82) is 0 Å². The minimum Gasteiger partial charge on any atom is -0.503 e. The van der Waals surface area contributed by atoms with Gasteiger partial charge in [0.2, 0.25) is 10.0 Å². The fourth-order valence-corrected chi connectivity index (χ4v) is 4.42. The second-order valence-corrected chi connectivity index (χ2v) is 9.45. The number of aromatic nitrogens is 4. The first kappa shape index (κ1) is 23.1. The molecular formula is C18H17F5N6O3S. The van der Waals surface area contributed by atoms with Gasteiger partial charge >= 0.3 is 6.18 Å². The third-order valence-corrected chi connectivity index (χ3v) is 6.59. The molecule has 1 aliphatic heterocycles. The lowest BCUT2D eigenvalue weighted by Gasteiger charge is -2.33. The number of hydrogen-bond donors (Lipinski definition) is 1. The van der Waals surface area contributed by atoms with Crippen molar-refractivity contribution in [2.75, 3.05) is 37.3 Å². The molecule has 2 aromatic heterocycles. The van der Waals surface area contributed by atoms with Crippen LogP contribution in [0.1, 0.15) is 5.56 Å². The van der Waals surface area contributed by atoms with Gasteiger partial charge < -0.3 is 10.0 Å². The summed E-state index contributed by atoms with van der Waals surface area (Å²) in [5.74, 6) is -5.13. The maximum absolute atomic E-state index is 14.5. The molecule has 1 N–H and O–H groups in total. The van der Waals surface area contributed by atoms with Gasteiger partial charge in [-0.15, -0.1) is 0 Å². The van der Waals surface area contributed by atoms with Crippen LogP contribution >= 0.6 is 0 Å². The monoisotopic (exact) mass is 492 g/mol. The molecule has 1 saturated heterocycles. The van der Waals surface area contributed by atoms with Crippen molar-refractivity contribution in [1.82, 2.24) is 24.1 Å². The van der Waals surface area contributed by atoms with Crippen LogP contribution in [0.3, 0.4) is 0 Å². The fraction of sp³-hybridized carbons (Fsp3) is 0.389. The van der Waals surface area contributed by atoms with Gasteiger partial charge in [-0.1, -0.05) is 0 Å². The van der Waals surface area contributed by atoms with E-state index in [-0.39, 0.29) is 36.0 Å². The molecule has 3 aromatic rings. The Morgan fingerprint density at radius 1 is 1.09 bits per heavy atom. The van der Waals surface area contributed by atoms with Crippen LogP contribution in [0.25, 0.3) is 22.4 Å². The van der Waals surface area contributed by atoms with Gasteiger partial charge in [-0.3, -0.25) is 0 Å². The van der Waals surface area contributed by atoms with Crippen LogP contribution in [0.15, 0.2) is 12.3 Å². The molecule has 1 aliphatic rings. The van der Waals surface area contributed by atoms with Crippen molar-refractivity contribution in [2.45, 2.75) is 6.18 Å². The first-order valence-corrected chi connectivity index (χ1v) is 11.3. The zero-order valence-electron chi connectivity index (χ0n) is 17.2. The Labute approximate surface area is 184 Å². The number of rotatable bonds is 3. The molecule has 9 nitrogen and oxygen atoms in total. The molecule has 15 heteroatoms. The minimum absolute atomic E-state index is 0.0611. The highest BCUT2D eigenvalue weighted by molar-refractivity contribution is 7.88. The number of aryl methyl sites for hydroxylation is 1. The van der Waals surface area contributed by atoms with Crippen LogP contribution in [-0.2, 0) is 23.2 Å². The SMILES string of the molecule is Cn1nc(-c2cc(C(F)(F)F)c(F)c(O)c2F)c2ncc(N3CCN(S(C)(=O)=O)CC3)nc21. The van der Waals surface area contributed by atoms with Gasteiger partial charge in [0.15, 0.2) is 23.0 Å². The number of phenols is 1. The molecule has 0 bridgehead atoms. The minimum atomic E-state index is -5.18. The third-order valence-electron chi connectivity index (χ3n) is 5.29. The van der Waals surface area contributed by atoms with Crippen LogP contribution in [0, 0.1) is 11.6 Å². The average molecular weight is 492 g/mol. The van der Waals surface area contributed by atoms with E-state index in [1.807, 2.05) is 0 Å². The van der Waals surface area contributed by atoms with E-state index in [2.05, 4.69) is 15.1 Å². The lowest BCUT2D eigenvalue weighted by Crippen LogP contribution is -2.48. The molecule has 33 heavy (non-hydrogen) atoms. The lowest BCUT2D eigenvalue weighted by molar-refractivity contribution is -0.140. The Kier molecular flexibility index (Phi) is 5.43. The van der Waals surface area contributed by atoms with Crippen LogP contribution in [0.5, 0.6) is 5.75 Å². The quantitative estimate of drug-likeness (QED) is 0.559. The van der Waals surface area contributed by atoms with Crippen molar-refractivity contribution < 1.29 is 35.5 Å². The molecule has 0 radical (unpaired) electrons. The van der Waals surface area contributed by atoms with Crippen LogP contribution in [-0.4, -0.2) is 70.0 Å². The molecule has 0 amide bonds. The molecule has 0 saturated carbocycles. The average Bonchev–Trinajstić information content (AvgIpc) is 3.06. The first-order chi connectivity index (χ1) is 15.3. The topological polar surface area (TPSA) is 104 Å². The molecule has 4 rings (SSSR count). The summed E-state index contributed by atoms with van der Waals surface area (Å²) in [5.41, 5.74) is -2.94. The highest BCUT2D eigenvalue weighted by Gasteiger charge is 2.38. The van der Waals surface area contributed by atoms with Gasteiger partial charge in [-0.05, 0) is 6.07 Å². The number of nitrogens with zero attached hydrogens (tertiary/aromatic N) is 6. The molecule has 0 spiro atoms. The predicted molar refractivity (Wildman–Crippen MR) is 107 cm³/mol. The summed E-state index contributed by atoms with van der Waals surface area (Å²) in [4.78, 5) is 10.3. The van der Waals surface area contributed by atoms with Crippen molar-refractivity contribution in [3.8, 4) is 17.0 Å². The molecule has 178 valence electrons. The van der Waals surface area contributed by atoms with Crippen molar-refractivity contribution in [2.24, 2.45) is 7.05 Å². The maximum atomic E-state index is 14.5. The van der Waals surface area contributed by atoms with E-state index < -0.39 is 44.7 Å². The zero-order chi connectivity index (χ0) is 24.3. The fourth-order valence-electron chi connectivity index (χ4n) is 3.59. The van der Waals surface area contributed by atoms with Crippen LogP contribution in [0.4, 0.5) is 27.8 Å². The molecule has 0 aliphatic carbocycles. The van der Waals surface area contributed by atoms with Crippen molar-refractivity contribution >= 4 is 27.0 Å². The Hall–Kier alpha value is -3.07. The number of anilines is 1. The third kappa shape index (κ3) is 4.06. The van der Waals surface area contributed by atoms with Gasteiger partial charge in [0, 0.05) is 38.8 Å². The summed E-state index contributed by atoms with van der Waals surface area (Å²) < 4.78 is 93.7. The molecule has 3 heterocycles. The summed E-state index contributed by atoms with van der Waals surface area (Å²) >= 11 is 0. The smallest absolute Gasteiger partial charge is 0.419 e. The van der Waals surface area contributed by atoms with Gasteiger partial charge in [0.25, 0.3) is 0 Å².